The molecule has 0 heterocycles. The van der Waals surface area contributed by atoms with E-state index in [1.54, 1.807) is 0 Å². The van der Waals surface area contributed by atoms with Gasteiger partial charge in [-0.1, -0.05) is 47.1 Å². The molecule has 0 N–H and O–H groups in total. The summed E-state index contributed by atoms with van der Waals surface area (Å²) in [5.41, 5.74) is 1.88. The van der Waals surface area contributed by atoms with Crippen LogP contribution in [0.15, 0.2) is 18.2 Å². The predicted molar refractivity (Wildman–Crippen MR) is 74.8 cm³/mol. The molecule has 2 nitrogen and oxygen atoms in total. The Morgan fingerprint density at radius 1 is 1.33 bits per heavy atom. The van der Waals surface area contributed by atoms with Gasteiger partial charge in [-0.05, 0) is 29.0 Å². The van der Waals surface area contributed by atoms with Crippen LogP contribution in [-0.4, -0.2) is 6.61 Å². The third kappa shape index (κ3) is 3.77. The molecule has 0 saturated heterocycles. The van der Waals surface area contributed by atoms with Crippen LogP contribution in [0.5, 0.6) is 5.75 Å². The average molecular weight is 245 g/mol. The maximum absolute atomic E-state index is 9.10. The van der Waals surface area contributed by atoms with Crippen LogP contribution in [0.25, 0.3) is 0 Å². The lowest BCUT2D eigenvalue weighted by Gasteiger charge is -2.21. The SMILES string of the molecule is CCC(C)COc1cc(C(C)(C)C)ccc1C#N. The highest BCUT2D eigenvalue weighted by Gasteiger charge is 2.16. The molecule has 0 aliphatic heterocycles. The van der Waals surface area contributed by atoms with E-state index >= 15 is 0 Å². The van der Waals surface area contributed by atoms with Crippen molar-refractivity contribution in [3.05, 3.63) is 29.3 Å². The Kier molecular flexibility index (Phi) is 4.78. The van der Waals surface area contributed by atoms with Crippen LogP contribution in [-0.2, 0) is 5.41 Å². The van der Waals surface area contributed by atoms with Gasteiger partial charge in [0.1, 0.15) is 11.8 Å². The summed E-state index contributed by atoms with van der Waals surface area (Å²) in [7, 11) is 0. The number of hydrogen-bond acceptors (Lipinski definition) is 2. The van der Waals surface area contributed by atoms with Gasteiger partial charge in [0.2, 0.25) is 0 Å². The number of ether oxygens (including phenoxy) is 1. The van der Waals surface area contributed by atoms with Gasteiger partial charge in [-0.15, -0.1) is 0 Å². The fraction of sp³-hybridized carbons (Fsp3) is 0.562. The van der Waals surface area contributed by atoms with Crippen LogP contribution < -0.4 is 4.74 Å². The molecule has 98 valence electrons. The summed E-state index contributed by atoms with van der Waals surface area (Å²) in [5, 5.41) is 9.10. The number of benzene rings is 1. The third-order valence-corrected chi connectivity index (χ3v) is 3.19. The highest BCUT2D eigenvalue weighted by Crippen LogP contribution is 2.28. The maximum Gasteiger partial charge on any atom is 0.137 e. The minimum absolute atomic E-state index is 0.0719. The molecule has 0 aliphatic carbocycles. The molecular weight excluding hydrogens is 222 g/mol. The van der Waals surface area contributed by atoms with Crippen molar-refractivity contribution in [1.82, 2.24) is 0 Å². The Hall–Kier alpha value is -1.49. The van der Waals surface area contributed by atoms with Crippen molar-refractivity contribution < 1.29 is 4.74 Å². The van der Waals surface area contributed by atoms with Gasteiger partial charge in [-0.3, -0.25) is 0 Å². The minimum Gasteiger partial charge on any atom is -0.492 e. The first kappa shape index (κ1) is 14.6. The summed E-state index contributed by atoms with van der Waals surface area (Å²) in [6.07, 6.45) is 1.08. The predicted octanol–water partition coefficient (Wildman–Crippen LogP) is 4.28. The molecule has 18 heavy (non-hydrogen) atoms. The molecule has 0 aromatic heterocycles. The number of rotatable bonds is 4. The molecule has 0 amide bonds. The summed E-state index contributed by atoms with van der Waals surface area (Å²) in [5.74, 6) is 1.22. The van der Waals surface area contributed by atoms with Crippen LogP contribution in [0.3, 0.4) is 0 Å². The van der Waals surface area contributed by atoms with E-state index in [2.05, 4.69) is 40.7 Å². The molecule has 0 bridgehead atoms. The zero-order chi connectivity index (χ0) is 13.8. The molecule has 1 rings (SSSR count). The van der Waals surface area contributed by atoms with E-state index in [-0.39, 0.29) is 5.41 Å². The van der Waals surface area contributed by atoms with Crippen LogP contribution >= 0.6 is 0 Å². The summed E-state index contributed by atoms with van der Waals surface area (Å²) in [4.78, 5) is 0. The van der Waals surface area contributed by atoms with Crippen molar-refractivity contribution in [3.8, 4) is 11.8 Å². The average Bonchev–Trinajstić information content (AvgIpc) is 2.34. The zero-order valence-corrected chi connectivity index (χ0v) is 12.1. The van der Waals surface area contributed by atoms with E-state index in [9.17, 15) is 0 Å². The van der Waals surface area contributed by atoms with Gasteiger partial charge in [0, 0.05) is 0 Å². The Morgan fingerprint density at radius 2 is 2.00 bits per heavy atom. The Bertz CT molecular complexity index is 437. The molecule has 0 radical (unpaired) electrons. The van der Waals surface area contributed by atoms with Crippen molar-refractivity contribution in [2.45, 2.75) is 46.5 Å². The van der Waals surface area contributed by atoms with E-state index in [4.69, 9.17) is 10.00 Å². The monoisotopic (exact) mass is 245 g/mol. The quantitative estimate of drug-likeness (QED) is 0.793. The molecular formula is C16H23NO. The summed E-state index contributed by atoms with van der Waals surface area (Å²) >= 11 is 0. The summed E-state index contributed by atoms with van der Waals surface area (Å²) < 4.78 is 5.79. The molecule has 0 spiro atoms. The first-order chi connectivity index (χ1) is 8.38. The minimum atomic E-state index is 0.0719. The highest BCUT2D eigenvalue weighted by atomic mass is 16.5. The van der Waals surface area contributed by atoms with Gasteiger partial charge in [-0.25, -0.2) is 0 Å². The first-order valence-electron chi connectivity index (χ1n) is 6.56. The Balaban J connectivity index is 2.97. The molecule has 1 aromatic rings. The third-order valence-electron chi connectivity index (χ3n) is 3.19. The standard InChI is InChI=1S/C16H23NO/c1-6-12(2)11-18-15-9-14(16(3,4)5)8-7-13(15)10-17/h7-9,12H,6,11H2,1-5H3. The van der Waals surface area contributed by atoms with E-state index in [1.807, 2.05) is 18.2 Å². The van der Waals surface area contributed by atoms with Gasteiger partial charge < -0.3 is 4.74 Å². The summed E-state index contributed by atoms with van der Waals surface area (Å²) in [6.45, 7) is 11.4. The second-order valence-electron chi connectivity index (χ2n) is 5.90. The maximum atomic E-state index is 9.10. The lowest BCUT2D eigenvalue weighted by atomic mass is 9.86. The Labute approximate surface area is 111 Å². The normalized spacial score (nSPS) is 12.9. The van der Waals surface area contributed by atoms with Crippen molar-refractivity contribution >= 4 is 0 Å². The molecule has 0 saturated carbocycles. The lowest BCUT2D eigenvalue weighted by molar-refractivity contribution is 0.255. The number of hydrogen-bond donors (Lipinski definition) is 0. The topological polar surface area (TPSA) is 33.0 Å². The highest BCUT2D eigenvalue weighted by molar-refractivity contribution is 5.46. The fourth-order valence-corrected chi connectivity index (χ4v) is 1.55. The zero-order valence-electron chi connectivity index (χ0n) is 12.1. The van der Waals surface area contributed by atoms with Crippen LogP contribution in [0, 0.1) is 17.2 Å². The first-order valence-corrected chi connectivity index (χ1v) is 6.56. The molecule has 2 heteroatoms. The van der Waals surface area contributed by atoms with Crippen molar-refractivity contribution in [2.24, 2.45) is 5.92 Å². The molecule has 1 unspecified atom stereocenters. The van der Waals surface area contributed by atoms with Gasteiger partial charge in [0.25, 0.3) is 0 Å². The fourth-order valence-electron chi connectivity index (χ4n) is 1.55. The second-order valence-corrected chi connectivity index (χ2v) is 5.90. The lowest BCUT2D eigenvalue weighted by Crippen LogP contribution is -2.13. The van der Waals surface area contributed by atoms with E-state index in [0.29, 0.717) is 23.8 Å². The van der Waals surface area contributed by atoms with Crippen LogP contribution in [0.2, 0.25) is 0 Å². The smallest absolute Gasteiger partial charge is 0.137 e. The van der Waals surface area contributed by atoms with Gasteiger partial charge >= 0.3 is 0 Å². The van der Waals surface area contributed by atoms with E-state index < -0.39 is 0 Å². The number of nitrogens with zero attached hydrogens (tertiary/aromatic N) is 1. The van der Waals surface area contributed by atoms with Gasteiger partial charge in [0.05, 0.1) is 12.2 Å². The molecule has 0 aliphatic rings. The number of nitriles is 1. The Morgan fingerprint density at radius 3 is 2.50 bits per heavy atom. The molecule has 0 fully saturated rings. The molecule has 1 atom stereocenters. The van der Waals surface area contributed by atoms with E-state index in [1.165, 1.54) is 5.56 Å². The largest absolute Gasteiger partial charge is 0.492 e. The van der Waals surface area contributed by atoms with Crippen LogP contribution in [0.1, 0.15) is 52.2 Å². The van der Waals surface area contributed by atoms with Gasteiger partial charge in [0.15, 0.2) is 0 Å². The van der Waals surface area contributed by atoms with Crippen molar-refractivity contribution in [2.75, 3.05) is 6.61 Å². The second kappa shape index (κ2) is 5.91. The van der Waals surface area contributed by atoms with E-state index in [0.717, 1.165) is 6.42 Å². The molecule has 1 aromatic carbocycles. The summed E-state index contributed by atoms with van der Waals surface area (Å²) in [6, 6.07) is 8.05. The van der Waals surface area contributed by atoms with Crippen molar-refractivity contribution in [3.63, 3.8) is 0 Å². The van der Waals surface area contributed by atoms with Crippen LogP contribution in [0.4, 0.5) is 0 Å². The van der Waals surface area contributed by atoms with Crippen molar-refractivity contribution in [1.29, 1.82) is 5.26 Å². The van der Waals surface area contributed by atoms with Gasteiger partial charge in [-0.2, -0.15) is 5.26 Å².